The lowest BCUT2D eigenvalue weighted by atomic mass is 9.88. The van der Waals surface area contributed by atoms with E-state index in [1.54, 1.807) is 0 Å². The second kappa shape index (κ2) is 9.65. The zero-order valence-electron chi connectivity index (χ0n) is 20.5. The van der Waals surface area contributed by atoms with Crippen LogP contribution in [0.1, 0.15) is 71.2 Å². The van der Waals surface area contributed by atoms with E-state index in [2.05, 4.69) is 9.80 Å². The number of carbonyl (C=O) groups excluding carboxylic acids is 2. The fourth-order valence-corrected chi connectivity index (χ4v) is 6.11. The van der Waals surface area contributed by atoms with Crippen molar-refractivity contribution in [3.05, 3.63) is 59.2 Å². The lowest BCUT2D eigenvalue weighted by molar-refractivity contribution is 0.0414. The van der Waals surface area contributed by atoms with Crippen molar-refractivity contribution in [1.29, 1.82) is 0 Å². The van der Waals surface area contributed by atoms with Crippen LogP contribution in [-0.4, -0.2) is 71.3 Å². The van der Waals surface area contributed by atoms with E-state index in [0.717, 1.165) is 87.7 Å². The van der Waals surface area contributed by atoms with Gasteiger partial charge in [-0.05, 0) is 93.0 Å². The molecule has 0 aromatic heterocycles. The lowest BCUT2D eigenvalue weighted by Crippen LogP contribution is -2.52. The summed E-state index contributed by atoms with van der Waals surface area (Å²) in [7, 11) is 0. The van der Waals surface area contributed by atoms with Gasteiger partial charge in [0.2, 0.25) is 0 Å². The summed E-state index contributed by atoms with van der Waals surface area (Å²) in [4.78, 5) is 32.5. The molecule has 2 aromatic carbocycles. The fraction of sp³-hybridized carbons (Fsp3) is 0.517. The monoisotopic (exact) mass is 473 g/mol. The molecular weight excluding hydrogens is 438 g/mol. The lowest BCUT2D eigenvalue weighted by Gasteiger charge is -2.45. The molecule has 4 aliphatic rings. The first-order valence-electron chi connectivity index (χ1n) is 13.4. The maximum absolute atomic E-state index is 13.3. The average molecular weight is 474 g/mol. The van der Waals surface area contributed by atoms with Crippen LogP contribution in [0.2, 0.25) is 0 Å². The minimum atomic E-state index is 0.0969. The molecule has 6 rings (SSSR count). The molecule has 3 fully saturated rings. The van der Waals surface area contributed by atoms with Gasteiger partial charge in [-0.25, -0.2) is 0 Å². The summed E-state index contributed by atoms with van der Waals surface area (Å²) < 4.78 is 6.08. The first-order valence-corrected chi connectivity index (χ1v) is 13.4. The number of ether oxygens (including phenoxy) is 1. The van der Waals surface area contributed by atoms with Crippen LogP contribution in [0.5, 0.6) is 11.5 Å². The molecule has 6 heteroatoms. The molecule has 2 aromatic rings. The number of fused-ring (bicyclic) bond motifs is 1. The molecule has 0 N–H and O–H groups in total. The predicted molar refractivity (Wildman–Crippen MR) is 135 cm³/mol. The highest BCUT2D eigenvalue weighted by molar-refractivity contribution is 5.97. The molecule has 184 valence electrons. The van der Waals surface area contributed by atoms with Crippen LogP contribution in [-0.2, 0) is 6.42 Å². The number of hydrogen-bond donors (Lipinski definition) is 0. The Morgan fingerprint density at radius 2 is 1.49 bits per heavy atom. The Morgan fingerprint density at radius 1 is 0.771 bits per heavy atom. The third-order valence-corrected chi connectivity index (χ3v) is 8.45. The van der Waals surface area contributed by atoms with E-state index in [1.165, 1.54) is 19.3 Å². The van der Waals surface area contributed by atoms with Gasteiger partial charge in [0, 0.05) is 55.9 Å². The van der Waals surface area contributed by atoms with Gasteiger partial charge < -0.3 is 19.4 Å². The smallest absolute Gasteiger partial charge is 0.254 e. The molecule has 0 bridgehead atoms. The molecule has 35 heavy (non-hydrogen) atoms. The van der Waals surface area contributed by atoms with Gasteiger partial charge in [0.25, 0.3) is 11.8 Å². The van der Waals surface area contributed by atoms with Crippen LogP contribution in [0.4, 0.5) is 0 Å². The quantitative estimate of drug-likeness (QED) is 0.630. The van der Waals surface area contributed by atoms with Crippen LogP contribution in [0.25, 0.3) is 0 Å². The van der Waals surface area contributed by atoms with E-state index < -0.39 is 0 Å². The summed E-state index contributed by atoms with van der Waals surface area (Å²) in [6, 6.07) is 14.4. The molecule has 2 saturated heterocycles. The van der Waals surface area contributed by atoms with Crippen molar-refractivity contribution >= 4 is 11.8 Å². The number of hydrogen-bond acceptors (Lipinski definition) is 4. The highest BCUT2D eigenvalue weighted by Gasteiger charge is 2.35. The van der Waals surface area contributed by atoms with Gasteiger partial charge in [0.15, 0.2) is 0 Å². The summed E-state index contributed by atoms with van der Waals surface area (Å²) in [5.74, 6) is 1.70. The summed E-state index contributed by atoms with van der Waals surface area (Å²) in [5.41, 5.74) is 2.59. The number of carbonyl (C=O) groups is 2. The molecule has 2 amide bonds. The Balaban J connectivity index is 1.08. The molecule has 1 saturated carbocycles. The van der Waals surface area contributed by atoms with Crippen LogP contribution in [0, 0.1) is 0 Å². The first-order chi connectivity index (χ1) is 17.2. The topological polar surface area (TPSA) is 53.1 Å². The second-order valence-electron chi connectivity index (χ2n) is 10.5. The van der Waals surface area contributed by atoms with Gasteiger partial charge in [0.05, 0.1) is 0 Å². The van der Waals surface area contributed by atoms with Gasteiger partial charge in [-0.15, -0.1) is 0 Å². The molecule has 6 nitrogen and oxygen atoms in total. The first kappa shape index (κ1) is 22.6. The molecule has 3 aliphatic heterocycles. The number of likely N-dealkylation sites (tertiary alicyclic amines) is 2. The fourth-order valence-electron chi connectivity index (χ4n) is 6.11. The summed E-state index contributed by atoms with van der Waals surface area (Å²) in [5, 5.41) is 0. The Labute approximate surface area is 207 Å². The van der Waals surface area contributed by atoms with Crippen molar-refractivity contribution in [2.24, 2.45) is 0 Å². The second-order valence-corrected chi connectivity index (χ2v) is 10.5. The number of rotatable bonds is 5. The Morgan fingerprint density at radius 3 is 2.17 bits per heavy atom. The number of amides is 2. The van der Waals surface area contributed by atoms with Crippen molar-refractivity contribution in [1.82, 2.24) is 14.7 Å². The molecule has 0 unspecified atom stereocenters. The van der Waals surface area contributed by atoms with Gasteiger partial charge in [-0.3, -0.25) is 9.59 Å². The minimum absolute atomic E-state index is 0.0969. The van der Waals surface area contributed by atoms with Crippen molar-refractivity contribution in [2.45, 2.75) is 63.5 Å². The van der Waals surface area contributed by atoms with Gasteiger partial charge >= 0.3 is 0 Å². The van der Waals surface area contributed by atoms with E-state index in [0.29, 0.717) is 17.4 Å². The van der Waals surface area contributed by atoms with Gasteiger partial charge in [-0.2, -0.15) is 0 Å². The third-order valence-electron chi connectivity index (χ3n) is 8.45. The molecule has 0 atom stereocenters. The van der Waals surface area contributed by atoms with E-state index in [1.807, 2.05) is 47.4 Å². The molecule has 0 spiro atoms. The van der Waals surface area contributed by atoms with E-state index >= 15 is 0 Å². The number of benzene rings is 2. The van der Waals surface area contributed by atoms with Gasteiger partial charge in [0.1, 0.15) is 11.5 Å². The van der Waals surface area contributed by atoms with E-state index in [-0.39, 0.29) is 11.8 Å². The standard InChI is InChI=1S/C29H35N3O3/c33-28(31-15-1-2-16-31)21-6-8-25(9-7-21)35-26-10-11-27-22(20-26)12-19-32(29(27)34)24-13-17-30(18-14-24)23-4-3-5-23/h6-11,20,23-24H,1-5,12-19H2. The predicted octanol–water partition coefficient (Wildman–Crippen LogP) is 4.73. The van der Waals surface area contributed by atoms with Crippen LogP contribution in [0.15, 0.2) is 42.5 Å². The maximum Gasteiger partial charge on any atom is 0.254 e. The summed E-state index contributed by atoms with van der Waals surface area (Å²) >= 11 is 0. The third kappa shape index (κ3) is 4.56. The minimum Gasteiger partial charge on any atom is -0.457 e. The Bertz CT molecular complexity index is 1080. The summed E-state index contributed by atoms with van der Waals surface area (Å²) in [6.45, 7) is 4.74. The normalized spacial score (nSPS) is 21.7. The highest BCUT2D eigenvalue weighted by Crippen LogP contribution is 2.32. The zero-order valence-corrected chi connectivity index (χ0v) is 20.5. The van der Waals surface area contributed by atoms with Crippen LogP contribution >= 0.6 is 0 Å². The van der Waals surface area contributed by atoms with Crippen molar-refractivity contribution in [3.8, 4) is 11.5 Å². The number of nitrogens with zero attached hydrogens (tertiary/aromatic N) is 3. The Hall–Kier alpha value is -2.86. The van der Waals surface area contributed by atoms with Crippen molar-refractivity contribution < 1.29 is 14.3 Å². The molecule has 0 radical (unpaired) electrons. The largest absolute Gasteiger partial charge is 0.457 e. The Kier molecular flexibility index (Phi) is 6.23. The van der Waals surface area contributed by atoms with Crippen LogP contribution < -0.4 is 4.74 Å². The maximum atomic E-state index is 13.3. The van der Waals surface area contributed by atoms with Crippen molar-refractivity contribution in [2.75, 3.05) is 32.7 Å². The van der Waals surface area contributed by atoms with Crippen LogP contribution in [0.3, 0.4) is 0 Å². The van der Waals surface area contributed by atoms with E-state index in [9.17, 15) is 9.59 Å². The highest BCUT2D eigenvalue weighted by atomic mass is 16.5. The molecule has 3 heterocycles. The van der Waals surface area contributed by atoms with Crippen molar-refractivity contribution in [3.63, 3.8) is 0 Å². The molecular formula is C29H35N3O3. The summed E-state index contributed by atoms with van der Waals surface area (Å²) in [6.07, 6.45) is 9.31. The van der Waals surface area contributed by atoms with E-state index in [4.69, 9.17) is 4.74 Å². The van der Waals surface area contributed by atoms with Gasteiger partial charge in [-0.1, -0.05) is 6.42 Å². The number of piperidine rings is 1. The average Bonchev–Trinajstić information content (AvgIpc) is 3.39. The zero-order chi connectivity index (χ0) is 23.8. The molecule has 1 aliphatic carbocycles. The SMILES string of the molecule is O=C(c1ccc(Oc2ccc3c(c2)CCN(C2CCN(C4CCC4)CC2)C3=O)cc1)N1CCCC1.